The molecule has 98 valence electrons. The molecule has 0 unspecified atom stereocenters. The van der Waals surface area contributed by atoms with Gasteiger partial charge in [-0.2, -0.15) is 0 Å². The van der Waals surface area contributed by atoms with E-state index < -0.39 is 11.8 Å². The maximum atomic E-state index is 13.2. The molecule has 5 heteroatoms. The van der Waals surface area contributed by atoms with Crippen LogP contribution in [0.5, 0.6) is 5.75 Å². The Hall–Kier alpha value is -2.01. The summed E-state index contributed by atoms with van der Waals surface area (Å²) in [6.07, 6.45) is -0.0151. The number of carbonyl (C=O) groups is 1. The maximum absolute atomic E-state index is 13.2. The Morgan fingerprint density at radius 3 is 2.32 bits per heavy atom. The van der Waals surface area contributed by atoms with Crippen molar-refractivity contribution in [1.82, 2.24) is 0 Å². The normalized spacial score (nSPS) is 10.4. The summed E-state index contributed by atoms with van der Waals surface area (Å²) in [4.78, 5) is 12.1. The number of halogens is 1. The van der Waals surface area contributed by atoms with Crippen LogP contribution in [0.1, 0.15) is 5.56 Å². The first-order chi connectivity index (χ1) is 9.04. The minimum atomic E-state index is -0.874. The van der Waals surface area contributed by atoms with E-state index in [2.05, 4.69) is 0 Å². The summed E-state index contributed by atoms with van der Waals surface area (Å²) in [6, 6.07) is 11.2. The van der Waals surface area contributed by atoms with E-state index >= 15 is 0 Å². The maximum Gasteiger partial charge on any atom is 0.307 e. The molecule has 0 saturated heterocycles. The van der Waals surface area contributed by atoms with Crippen molar-refractivity contribution in [2.24, 2.45) is 0 Å². The van der Waals surface area contributed by atoms with Crippen molar-refractivity contribution in [1.29, 1.82) is 0 Å². The molecule has 0 atom stereocenters. The quantitative estimate of drug-likeness (QED) is 0.901. The minimum absolute atomic E-state index is 0.0151. The fraction of sp³-hybridized carbons (Fsp3) is 0.0714. The highest BCUT2D eigenvalue weighted by Gasteiger charge is 2.04. The molecule has 2 aromatic rings. The summed E-state index contributed by atoms with van der Waals surface area (Å²) in [5, 5.41) is 17.7. The van der Waals surface area contributed by atoms with Crippen LogP contribution in [0.15, 0.2) is 52.3 Å². The SMILES string of the molecule is O=C(O)Cc1ccc(Sc2ccc(O)c(F)c2)cc1. The number of carboxylic acids is 1. The second kappa shape index (κ2) is 5.75. The molecule has 0 aliphatic carbocycles. The van der Waals surface area contributed by atoms with Gasteiger partial charge in [-0.05, 0) is 35.9 Å². The zero-order valence-electron chi connectivity index (χ0n) is 9.84. The van der Waals surface area contributed by atoms with Crippen LogP contribution in [0.3, 0.4) is 0 Å². The molecule has 0 spiro atoms. The lowest BCUT2D eigenvalue weighted by Gasteiger charge is -2.04. The summed E-state index contributed by atoms with van der Waals surface area (Å²) >= 11 is 1.34. The lowest BCUT2D eigenvalue weighted by Crippen LogP contribution is -1.99. The molecule has 2 N–H and O–H groups in total. The number of hydrogen-bond donors (Lipinski definition) is 2. The fourth-order valence-electron chi connectivity index (χ4n) is 1.54. The third kappa shape index (κ3) is 3.72. The van der Waals surface area contributed by atoms with E-state index in [1.807, 2.05) is 0 Å². The van der Waals surface area contributed by atoms with Crippen LogP contribution < -0.4 is 0 Å². The molecule has 0 amide bonds. The predicted molar refractivity (Wildman–Crippen MR) is 70.0 cm³/mol. The summed E-state index contributed by atoms with van der Waals surface area (Å²) in [5.74, 6) is -1.91. The van der Waals surface area contributed by atoms with Crippen LogP contribution in [0.25, 0.3) is 0 Å². The Bertz CT molecular complexity index is 596. The molecule has 2 aromatic carbocycles. The Labute approximate surface area is 113 Å². The Morgan fingerprint density at radius 1 is 1.11 bits per heavy atom. The number of carboxylic acid groups (broad SMARTS) is 1. The number of rotatable bonds is 4. The minimum Gasteiger partial charge on any atom is -0.505 e. The molecule has 0 aliphatic heterocycles. The van der Waals surface area contributed by atoms with Crippen LogP contribution in [0.4, 0.5) is 4.39 Å². The number of aromatic hydroxyl groups is 1. The van der Waals surface area contributed by atoms with Gasteiger partial charge in [-0.1, -0.05) is 23.9 Å². The smallest absolute Gasteiger partial charge is 0.307 e. The molecule has 0 aromatic heterocycles. The van der Waals surface area contributed by atoms with E-state index in [9.17, 15) is 9.18 Å². The number of phenolic OH excluding ortho intramolecular Hbond substituents is 1. The van der Waals surface area contributed by atoms with Crippen molar-refractivity contribution in [2.45, 2.75) is 16.2 Å². The van der Waals surface area contributed by atoms with Gasteiger partial charge in [0.1, 0.15) is 0 Å². The molecule has 19 heavy (non-hydrogen) atoms. The summed E-state index contributed by atoms with van der Waals surface area (Å²) < 4.78 is 13.2. The third-order valence-corrected chi connectivity index (χ3v) is 3.43. The van der Waals surface area contributed by atoms with E-state index in [1.54, 1.807) is 30.3 Å². The van der Waals surface area contributed by atoms with Gasteiger partial charge in [0.2, 0.25) is 0 Å². The second-order valence-corrected chi connectivity index (χ2v) is 5.08. The van der Waals surface area contributed by atoms with Crippen molar-refractivity contribution in [3.05, 3.63) is 53.8 Å². The molecule has 0 heterocycles. The number of benzene rings is 2. The van der Waals surface area contributed by atoms with Crippen molar-refractivity contribution in [3.8, 4) is 5.75 Å². The van der Waals surface area contributed by atoms with Gasteiger partial charge >= 0.3 is 5.97 Å². The predicted octanol–water partition coefficient (Wildman–Crippen LogP) is 3.31. The molecule has 0 radical (unpaired) electrons. The third-order valence-electron chi connectivity index (χ3n) is 2.43. The number of aliphatic carboxylic acids is 1. The van der Waals surface area contributed by atoms with E-state index in [-0.39, 0.29) is 12.2 Å². The molecule has 3 nitrogen and oxygen atoms in total. The lowest BCUT2D eigenvalue weighted by molar-refractivity contribution is -0.136. The van der Waals surface area contributed by atoms with Crippen molar-refractivity contribution < 1.29 is 19.4 Å². The summed E-state index contributed by atoms with van der Waals surface area (Å²) in [6.45, 7) is 0. The van der Waals surface area contributed by atoms with E-state index in [0.717, 1.165) is 4.90 Å². The lowest BCUT2D eigenvalue weighted by atomic mass is 10.2. The molecule has 0 aliphatic rings. The van der Waals surface area contributed by atoms with E-state index in [1.165, 1.54) is 23.9 Å². The van der Waals surface area contributed by atoms with Gasteiger partial charge in [-0.3, -0.25) is 4.79 Å². The molecule has 0 saturated carbocycles. The summed E-state index contributed by atoms with van der Waals surface area (Å²) in [5.41, 5.74) is 0.716. The fourth-order valence-corrected chi connectivity index (χ4v) is 2.38. The van der Waals surface area contributed by atoms with E-state index in [4.69, 9.17) is 10.2 Å². The average molecular weight is 278 g/mol. The van der Waals surface area contributed by atoms with Crippen LogP contribution in [-0.2, 0) is 11.2 Å². The Balaban J connectivity index is 2.10. The van der Waals surface area contributed by atoms with Gasteiger partial charge in [0, 0.05) is 9.79 Å². The number of phenols is 1. The largest absolute Gasteiger partial charge is 0.505 e. The number of hydrogen-bond acceptors (Lipinski definition) is 3. The van der Waals surface area contributed by atoms with Gasteiger partial charge in [-0.25, -0.2) is 4.39 Å². The average Bonchev–Trinajstić information content (AvgIpc) is 2.36. The van der Waals surface area contributed by atoms with Crippen molar-refractivity contribution >= 4 is 17.7 Å². The standard InChI is InChI=1S/C14H11FO3S/c15-12-8-11(5-6-13(12)16)19-10-3-1-9(2-4-10)7-14(17)18/h1-6,8,16H,7H2,(H,17,18). The first kappa shape index (κ1) is 13.4. The summed E-state index contributed by atoms with van der Waals surface area (Å²) in [7, 11) is 0. The Morgan fingerprint density at radius 2 is 1.74 bits per heavy atom. The zero-order chi connectivity index (χ0) is 13.8. The molecule has 0 bridgehead atoms. The Kier molecular flexibility index (Phi) is 4.06. The highest BCUT2D eigenvalue weighted by atomic mass is 32.2. The molecule has 2 rings (SSSR count). The van der Waals surface area contributed by atoms with Gasteiger partial charge in [-0.15, -0.1) is 0 Å². The van der Waals surface area contributed by atoms with Crippen LogP contribution in [0.2, 0.25) is 0 Å². The highest BCUT2D eigenvalue weighted by molar-refractivity contribution is 7.99. The van der Waals surface area contributed by atoms with Crippen LogP contribution in [-0.4, -0.2) is 16.2 Å². The van der Waals surface area contributed by atoms with Gasteiger partial charge in [0.05, 0.1) is 6.42 Å². The molecular weight excluding hydrogens is 267 g/mol. The van der Waals surface area contributed by atoms with Gasteiger partial charge in [0.15, 0.2) is 11.6 Å². The first-order valence-electron chi connectivity index (χ1n) is 5.52. The highest BCUT2D eigenvalue weighted by Crippen LogP contribution is 2.30. The van der Waals surface area contributed by atoms with Gasteiger partial charge < -0.3 is 10.2 Å². The monoisotopic (exact) mass is 278 g/mol. The topological polar surface area (TPSA) is 57.5 Å². The first-order valence-corrected chi connectivity index (χ1v) is 6.33. The molecular formula is C14H11FO3S. The van der Waals surface area contributed by atoms with Crippen molar-refractivity contribution in [3.63, 3.8) is 0 Å². The van der Waals surface area contributed by atoms with Crippen LogP contribution >= 0.6 is 11.8 Å². The van der Waals surface area contributed by atoms with Gasteiger partial charge in [0.25, 0.3) is 0 Å². The second-order valence-electron chi connectivity index (χ2n) is 3.93. The van der Waals surface area contributed by atoms with Crippen LogP contribution in [0, 0.1) is 5.82 Å². The zero-order valence-corrected chi connectivity index (χ0v) is 10.7. The molecule has 0 fully saturated rings. The van der Waals surface area contributed by atoms with Crippen molar-refractivity contribution in [2.75, 3.05) is 0 Å². The van der Waals surface area contributed by atoms with E-state index in [0.29, 0.717) is 10.5 Å².